The number of rotatable bonds is 2. The Morgan fingerprint density at radius 3 is 2.64 bits per heavy atom. The van der Waals surface area contributed by atoms with Crippen molar-refractivity contribution in [3.05, 3.63) is 17.0 Å². The van der Waals surface area contributed by atoms with Crippen molar-refractivity contribution in [2.24, 2.45) is 5.92 Å². The first-order chi connectivity index (χ1) is 11.7. The minimum atomic E-state index is -0.473. The van der Waals surface area contributed by atoms with E-state index in [0.717, 1.165) is 11.3 Å². The molecule has 0 bridgehead atoms. The van der Waals surface area contributed by atoms with Crippen LogP contribution in [0.2, 0.25) is 0 Å². The summed E-state index contributed by atoms with van der Waals surface area (Å²) in [7, 11) is 1.32. The van der Waals surface area contributed by atoms with Crippen LogP contribution >= 0.6 is 0 Å². The minimum absolute atomic E-state index is 0.0139. The largest absolute Gasteiger partial charge is 0.464 e. The number of amides is 2. The molecule has 2 amide bonds. The predicted octanol–water partition coefficient (Wildman–Crippen LogP) is 0.728. The Hall–Kier alpha value is -2.38. The van der Waals surface area contributed by atoms with Crippen molar-refractivity contribution in [3.63, 3.8) is 0 Å². The van der Waals surface area contributed by atoms with Gasteiger partial charge in [-0.15, -0.1) is 0 Å². The van der Waals surface area contributed by atoms with Crippen molar-refractivity contribution >= 4 is 17.8 Å². The molecule has 2 aliphatic heterocycles. The molecule has 1 aromatic heterocycles. The predicted molar refractivity (Wildman–Crippen MR) is 88.6 cm³/mol. The van der Waals surface area contributed by atoms with Crippen LogP contribution in [0.1, 0.15) is 48.9 Å². The number of fused-ring (bicyclic) bond motifs is 1. The number of methoxy groups -OCH3 is 1. The van der Waals surface area contributed by atoms with Crippen LogP contribution < -0.4 is 0 Å². The van der Waals surface area contributed by atoms with Gasteiger partial charge in [0.05, 0.1) is 25.3 Å². The minimum Gasteiger partial charge on any atom is -0.464 e. The van der Waals surface area contributed by atoms with Gasteiger partial charge in [-0.05, 0) is 27.2 Å². The van der Waals surface area contributed by atoms with E-state index in [1.165, 1.54) is 7.11 Å². The van der Waals surface area contributed by atoms with Gasteiger partial charge >= 0.3 is 5.97 Å². The summed E-state index contributed by atoms with van der Waals surface area (Å²) in [6.45, 7) is 7.27. The van der Waals surface area contributed by atoms with E-state index in [9.17, 15) is 14.4 Å². The summed E-state index contributed by atoms with van der Waals surface area (Å²) >= 11 is 0. The lowest BCUT2D eigenvalue weighted by atomic mass is 10.0. The topological polar surface area (TPSA) is 95.6 Å². The zero-order chi connectivity index (χ0) is 18.4. The average molecular weight is 348 g/mol. The van der Waals surface area contributed by atoms with E-state index in [2.05, 4.69) is 10.2 Å². The van der Waals surface area contributed by atoms with E-state index in [1.54, 1.807) is 9.80 Å². The molecule has 0 aliphatic carbocycles. The number of hydrogen-bond donors (Lipinski definition) is 1. The molecule has 2 aliphatic rings. The number of ether oxygens (including phenoxy) is 1. The number of nitrogens with zero attached hydrogens (tertiary/aromatic N) is 3. The van der Waals surface area contributed by atoms with Crippen LogP contribution in [0.4, 0.5) is 0 Å². The van der Waals surface area contributed by atoms with Crippen LogP contribution in [0, 0.1) is 5.92 Å². The Kier molecular flexibility index (Phi) is 4.30. The molecule has 8 heteroatoms. The molecule has 136 valence electrons. The maximum absolute atomic E-state index is 12.8. The molecule has 8 nitrogen and oxygen atoms in total. The molecule has 0 aromatic carbocycles. The highest BCUT2D eigenvalue weighted by atomic mass is 16.5. The Labute approximate surface area is 146 Å². The third kappa shape index (κ3) is 3.12. The van der Waals surface area contributed by atoms with Gasteiger partial charge in [0.2, 0.25) is 11.8 Å². The molecule has 0 radical (unpaired) electrons. The van der Waals surface area contributed by atoms with E-state index >= 15 is 0 Å². The van der Waals surface area contributed by atoms with Crippen molar-refractivity contribution in [2.45, 2.75) is 45.7 Å². The first-order valence-electron chi connectivity index (χ1n) is 8.46. The Balaban J connectivity index is 1.71. The van der Waals surface area contributed by atoms with E-state index in [4.69, 9.17) is 4.74 Å². The normalized spacial score (nSPS) is 20.6. The molecule has 1 fully saturated rings. The van der Waals surface area contributed by atoms with Crippen LogP contribution in [0.3, 0.4) is 0 Å². The Bertz CT molecular complexity index is 719. The number of H-pyrrole nitrogens is 1. The molecule has 1 unspecified atom stereocenters. The second kappa shape index (κ2) is 6.16. The van der Waals surface area contributed by atoms with E-state index in [1.807, 2.05) is 20.8 Å². The lowest BCUT2D eigenvalue weighted by Gasteiger charge is -2.33. The van der Waals surface area contributed by atoms with Crippen LogP contribution in [0.15, 0.2) is 0 Å². The van der Waals surface area contributed by atoms with Gasteiger partial charge in [0.25, 0.3) is 0 Å². The van der Waals surface area contributed by atoms with Crippen LogP contribution in [0.25, 0.3) is 0 Å². The Morgan fingerprint density at radius 1 is 1.32 bits per heavy atom. The summed E-state index contributed by atoms with van der Waals surface area (Å²) in [5.41, 5.74) is 1.59. The quantitative estimate of drug-likeness (QED) is 0.795. The lowest BCUT2D eigenvalue weighted by Crippen LogP contribution is -2.44. The fourth-order valence-electron chi connectivity index (χ4n) is 3.55. The zero-order valence-corrected chi connectivity index (χ0v) is 15.1. The zero-order valence-electron chi connectivity index (χ0n) is 15.1. The van der Waals surface area contributed by atoms with Gasteiger partial charge in [-0.2, -0.15) is 5.10 Å². The Morgan fingerprint density at radius 2 is 2.04 bits per heavy atom. The van der Waals surface area contributed by atoms with Gasteiger partial charge in [-0.1, -0.05) is 0 Å². The third-order valence-corrected chi connectivity index (χ3v) is 4.91. The van der Waals surface area contributed by atoms with Crippen LogP contribution in [-0.4, -0.2) is 63.5 Å². The summed E-state index contributed by atoms with van der Waals surface area (Å²) in [6.07, 6.45) is 0.807. The molecule has 25 heavy (non-hydrogen) atoms. The SMILES string of the molecule is COC(=O)c1n[nH]c2c1CCN(C(=O)C1CC(=O)N(C(C)(C)C)C1)C2. The maximum atomic E-state index is 12.8. The van der Waals surface area contributed by atoms with Crippen molar-refractivity contribution in [3.8, 4) is 0 Å². The number of nitrogens with one attached hydrogen (secondary N) is 1. The van der Waals surface area contributed by atoms with Crippen LogP contribution in [-0.2, 0) is 27.3 Å². The number of aromatic amines is 1. The molecule has 3 heterocycles. The number of hydrogen-bond acceptors (Lipinski definition) is 5. The summed E-state index contributed by atoms with van der Waals surface area (Å²) in [4.78, 5) is 40.3. The van der Waals surface area contributed by atoms with Crippen molar-refractivity contribution < 1.29 is 19.1 Å². The van der Waals surface area contributed by atoms with Gasteiger partial charge in [-0.3, -0.25) is 14.7 Å². The van der Waals surface area contributed by atoms with Crippen LogP contribution in [0.5, 0.6) is 0 Å². The fourth-order valence-corrected chi connectivity index (χ4v) is 3.55. The van der Waals surface area contributed by atoms with Crippen molar-refractivity contribution in [1.82, 2.24) is 20.0 Å². The average Bonchev–Trinajstić information content (AvgIpc) is 3.16. The van der Waals surface area contributed by atoms with E-state index in [-0.39, 0.29) is 29.7 Å². The smallest absolute Gasteiger partial charge is 0.358 e. The second-order valence-electron chi connectivity index (χ2n) is 7.61. The number of likely N-dealkylation sites (tertiary alicyclic amines) is 1. The molecule has 0 spiro atoms. The maximum Gasteiger partial charge on any atom is 0.358 e. The lowest BCUT2D eigenvalue weighted by molar-refractivity contribution is -0.136. The summed E-state index contributed by atoms with van der Waals surface area (Å²) in [5.74, 6) is -0.770. The highest BCUT2D eigenvalue weighted by Crippen LogP contribution is 2.29. The monoisotopic (exact) mass is 348 g/mol. The van der Waals surface area contributed by atoms with Gasteiger partial charge in [0.15, 0.2) is 5.69 Å². The van der Waals surface area contributed by atoms with E-state index in [0.29, 0.717) is 31.7 Å². The van der Waals surface area contributed by atoms with Crippen molar-refractivity contribution in [2.75, 3.05) is 20.2 Å². The van der Waals surface area contributed by atoms with E-state index < -0.39 is 5.97 Å². The standard InChI is InChI=1S/C17H24N4O4/c1-17(2,3)21-8-10(7-13(21)22)15(23)20-6-5-11-12(9-20)18-19-14(11)16(24)25-4/h10H,5-9H2,1-4H3,(H,18,19). The number of esters is 1. The number of carbonyl (C=O) groups is 3. The molecule has 1 atom stereocenters. The second-order valence-corrected chi connectivity index (χ2v) is 7.61. The highest BCUT2D eigenvalue weighted by molar-refractivity contribution is 5.91. The summed E-state index contributed by atoms with van der Waals surface area (Å²) in [5, 5.41) is 6.85. The molecule has 0 saturated carbocycles. The number of aromatic nitrogens is 2. The van der Waals surface area contributed by atoms with Gasteiger partial charge in [-0.25, -0.2) is 4.79 Å². The molecular formula is C17H24N4O4. The first-order valence-corrected chi connectivity index (χ1v) is 8.46. The third-order valence-electron chi connectivity index (χ3n) is 4.91. The fraction of sp³-hybridized carbons (Fsp3) is 0.647. The molecule has 1 aromatic rings. The summed E-state index contributed by atoms with van der Waals surface area (Å²) < 4.78 is 4.73. The molecule has 3 rings (SSSR count). The molecule has 1 N–H and O–H groups in total. The van der Waals surface area contributed by atoms with Gasteiger partial charge in [0, 0.05) is 30.6 Å². The molecular weight excluding hydrogens is 324 g/mol. The van der Waals surface area contributed by atoms with Crippen molar-refractivity contribution in [1.29, 1.82) is 0 Å². The highest BCUT2D eigenvalue weighted by Gasteiger charge is 2.41. The number of carbonyl (C=O) groups excluding carboxylic acids is 3. The molecule has 1 saturated heterocycles. The van der Waals surface area contributed by atoms with Gasteiger partial charge < -0.3 is 14.5 Å². The first kappa shape index (κ1) is 17.4. The van der Waals surface area contributed by atoms with Gasteiger partial charge in [0.1, 0.15) is 0 Å². The summed E-state index contributed by atoms with van der Waals surface area (Å²) in [6, 6.07) is 0.